The number of nitrogens with zero attached hydrogens (tertiary/aromatic N) is 1. The van der Waals surface area contributed by atoms with Gasteiger partial charge in [0.1, 0.15) is 12.4 Å². The molecule has 1 aliphatic rings. The van der Waals surface area contributed by atoms with E-state index in [-0.39, 0.29) is 16.8 Å². The summed E-state index contributed by atoms with van der Waals surface area (Å²) in [6.07, 6.45) is 0. The Morgan fingerprint density at radius 2 is 1.79 bits per heavy atom. The molecule has 2 aromatic carbocycles. The van der Waals surface area contributed by atoms with Gasteiger partial charge in [-0.15, -0.1) is 0 Å². The number of amidine groups is 1. The molecule has 8 nitrogen and oxygen atoms in total. The Balaban J connectivity index is 1.51. The van der Waals surface area contributed by atoms with Crippen LogP contribution in [0.3, 0.4) is 0 Å². The molecule has 28 heavy (non-hydrogen) atoms. The summed E-state index contributed by atoms with van der Waals surface area (Å²) < 4.78 is 31.2. The number of fused-ring (bicyclic) bond motifs is 1. The molecule has 0 aliphatic carbocycles. The average Bonchev–Trinajstić information content (AvgIpc) is 2.96. The lowest BCUT2D eigenvalue weighted by atomic mass is 10.1. The molecule has 9 heteroatoms. The lowest BCUT2D eigenvalue weighted by molar-refractivity contribution is -0.147. The van der Waals surface area contributed by atoms with E-state index in [1.807, 2.05) is 37.3 Å². The molecule has 0 fully saturated rings. The number of benzene rings is 2. The summed E-state index contributed by atoms with van der Waals surface area (Å²) >= 11 is 0. The van der Waals surface area contributed by atoms with Crippen LogP contribution in [0.4, 0.5) is 0 Å². The molecule has 146 valence electrons. The van der Waals surface area contributed by atoms with Gasteiger partial charge >= 0.3 is 5.97 Å². The minimum absolute atomic E-state index is 0.0784. The number of aliphatic imine (C=N–C) groups is 1. The molecule has 0 unspecified atom stereocenters. The number of ether oxygens (including phenoxy) is 1. The van der Waals surface area contributed by atoms with Gasteiger partial charge in [-0.05, 0) is 24.6 Å². The van der Waals surface area contributed by atoms with Crippen LogP contribution in [0.25, 0.3) is 0 Å². The van der Waals surface area contributed by atoms with E-state index in [2.05, 4.69) is 15.0 Å². The molecule has 1 aliphatic heterocycles. The van der Waals surface area contributed by atoms with Crippen molar-refractivity contribution in [2.45, 2.75) is 17.9 Å². The van der Waals surface area contributed by atoms with Gasteiger partial charge in [0.05, 0.1) is 10.9 Å². The summed E-state index contributed by atoms with van der Waals surface area (Å²) in [5.74, 6) is -1.10. The highest BCUT2D eigenvalue weighted by Crippen LogP contribution is 2.22. The third-order valence-electron chi connectivity index (χ3n) is 4.07. The Morgan fingerprint density at radius 3 is 2.54 bits per heavy atom. The van der Waals surface area contributed by atoms with Gasteiger partial charge < -0.3 is 10.1 Å². The first-order valence-corrected chi connectivity index (χ1v) is 10.0. The second kappa shape index (κ2) is 8.22. The highest BCUT2D eigenvalue weighted by atomic mass is 32.2. The summed E-state index contributed by atoms with van der Waals surface area (Å²) in [7, 11) is -3.67. The van der Waals surface area contributed by atoms with E-state index >= 15 is 0 Å². The molecule has 0 saturated carbocycles. The van der Waals surface area contributed by atoms with Crippen LogP contribution in [0.5, 0.6) is 0 Å². The smallest absolute Gasteiger partial charge is 0.328 e. The maximum atomic E-state index is 12.0. The van der Waals surface area contributed by atoms with E-state index in [4.69, 9.17) is 4.74 Å². The van der Waals surface area contributed by atoms with E-state index in [1.165, 1.54) is 6.07 Å². The summed E-state index contributed by atoms with van der Waals surface area (Å²) in [6.45, 7) is 0.974. The standard InChI is InChI=1S/C19H19N3O5S/c1-13(14-7-3-2-4-8-14)21-17(23)12-27-18(24)11-20-19-15-9-5-6-10-16(15)28(25,26)22-19/h2-10,13H,11-12H2,1H3,(H,20,22)(H,21,23)/t13-/m0/s1. The van der Waals surface area contributed by atoms with Crippen LogP contribution in [-0.4, -0.2) is 39.3 Å². The van der Waals surface area contributed by atoms with Crippen LogP contribution in [-0.2, 0) is 24.3 Å². The van der Waals surface area contributed by atoms with Gasteiger partial charge in [-0.2, -0.15) is 0 Å². The SMILES string of the molecule is C[C@H](NC(=O)COC(=O)CN=C1NS(=O)(=O)c2ccccc21)c1ccccc1. The Hall–Kier alpha value is -3.20. The minimum Gasteiger partial charge on any atom is -0.454 e. The molecule has 0 spiro atoms. The van der Waals surface area contributed by atoms with Gasteiger partial charge in [-0.25, -0.2) is 8.42 Å². The van der Waals surface area contributed by atoms with Gasteiger partial charge in [0, 0.05) is 5.56 Å². The lowest BCUT2D eigenvalue weighted by Crippen LogP contribution is -2.31. The van der Waals surface area contributed by atoms with E-state index in [9.17, 15) is 18.0 Å². The zero-order valence-corrected chi connectivity index (χ0v) is 15.9. The van der Waals surface area contributed by atoms with Crippen molar-refractivity contribution < 1.29 is 22.7 Å². The molecular formula is C19H19N3O5S. The number of amides is 1. The van der Waals surface area contributed by atoms with Gasteiger partial charge in [-0.3, -0.25) is 19.3 Å². The number of hydrogen-bond donors (Lipinski definition) is 2. The van der Waals surface area contributed by atoms with Crippen LogP contribution in [0.1, 0.15) is 24.1 Å². The highest BCUT2D eigenvalue weighted by molar-refractivity contribution is 7.90. The topological polar surface area (TPSA) is 114 Å². The van der Waals surface area contributed by atoms with Crippen molar-refractivity contribution in [1.82, 2.24) is 10.0 Å². The number of rotatable bonds is 6. The van der Waals surface area contributed by atoms with Crippen LogP contribution in [0.2, 0.25) is 0 Å². The van der Waals surface area contributed by atoms with Crippen molar-refractivity contribution in [3.8, 4) is 0 Å². The van der Waals surface area contributed by atoms with E-state index in [1.54, 1.807) is 18.2 Å². The van der Waals surface area contributed by atoms with Crippen molar-refractivity contribution in [2.24, 2.45) is 4.99 Å². The molecule has 0 bridgehead atoms. The summed E-state index contributed by atoms with van der Waals surface area (Å²) in [5, 5.41) is 2.73. The minimum atomic E-state index is -3.67. The summed E-state index contributed by atoms with van der Waals surface area (Å²) in [5.41, 5.74) is 1.32. The quantitative estimate of drug-likeness (QED) is 0.705. The normalized spacial score (nSPS) is 16.7. The van der Waals surface area contributed by atoms with E-state index in [0.29, 0.717) is 5.56 Å². The molecule has 0 aromatic heterocycles. The molecule has 2 aromatic rings. The monoisotopic (exact) mass is 401 g/mol. The molecule has 0 radical (unpaired) electrons. The zero-order valence-electron chi connectivity index (χ0n) is 15.1. The molecule has 1 atom stereocenters. The second-order valence-electron chi connectivity index (χ2n) is 6.13. The average molecular weight is 401 g/mol. The van der Waals surface area contributed by atoms with Gasteiger partial charge in [0.25, 0.3) is 15.9 Å². The number of sulfonamides is 1. The Kier molecular flexibility index (Phi) is 5.74. The predicted octanol–water partition coefficient (Wildman–Crippen LogP) is 1.15. The number of esters is 1. The second-order valence-corrected chi connectivity index (χ2v) is 7.78. The molecule has 0 saturated heterocycles. The van der Waals surface area contributed by atoms with E-state index < -0.39 is 35.1 Å². The Bertz CT molecular complexity index is 1020. The van der Waals surface area contributed by atoms with Crippen LogP contribution >= 0.6 is 0 Å². The molecule has 1 heterocycles. The fourth-order valence-electron chi connectivity index (χ4n) is 2.69. The Morgan fingerprint density at radius 1 is 1.11 bits per heavy atom. The third kappa shape index (κ3) is 4.55. The van der Waals surface area contributed by atoms with Crippen molar-refractivity contribution in [3.05, 3.63) is 65.7 Å². The first-order chi connectivity index (χ1) is 13.4. The van der Waals surface area contributed by atoms with Crippen molar-refractivity contribution in [1.29, 1.82) is 0 Å². The number of carbonyl (C=O) groups is 2. The van der Waals surface area contributed by atoms with Gasteiger partial charge in [0.15, 0.2) is 6.61 Å². The number of hydrogen-bond acceptors (Lipinski definition) is 6. The van der Waals surface area contributed by atoms with Crippen molar-refractivity contribution in [3.63, 3.8) is 0 Å². The van der Waals surface area contributed by atoms with Crippen LogP contribution in [0, 0.1) is 0 Å². The largest absolute Gasteiger partial charge is 0.454 e. The maximum absolute atomic E-state index is 12.0. The maximum Gasteiger partial charge on any atom is 0.328 e. The Labute approximate surface area is 162 Å². The third-order valence-corrected chi connectivity index (χ3v) is 5.47. The first-order valence-electron chi connectivity index (χ1n) is 8.53. The molecule has 2 N–H and O–H groups in total. The number of carbonyl (C=O) groups excluding carboxylic acids is 2. The molecule has 3 rings (SSSR count). The zero-order chi connectivity index (χ0) is 20.1. The first kappa shape index (κ1) is 19.6. The summed E-state index contributed by atoms with van der Waals surface area (Å²) in [4.78, 5) is 27.8. The fourth-order valence-corrected chi connectivity index (χ4v) is 3.95. The molecule has 1 amide bonds. The molecular weight excluding hydrogens is 382 g/mol. The lowest BCUT2D eigenvalue weighted by Gasteiger charge is -2.14. The van der Waals surface area contributed by atoms with Crippen LogP contribution < -0.4 is 10.0 Å². The summed E-state index contributed by atoms with van der Waals surface area (Å²) in [6, 6.07) is 15.5. The predicted molar refractivity (Wildman–Crippen MR) is 102 cm³/mol. The van der Waals surface area contributed by atoms with Gasteiger partial charge in [-0.1, -0.05) is 42.5 Å². The van der Waals surface area contributed by atoms with Gasteiger partial charge in [0.2, 0.25) is 0 Å². The van der Waals surface area contributed by atoms with Crippen LogP contribution in [0.15, 0.2) is 64.5 Å². The van der Waals surface area contributed by atoms with E-state index in [0.717, 1.165) is 5.56 Å². The fraction of sp³-hybridized carbons (Fsp3) is 0.211. The van der Waals surface area contributed by atoms with Crippen molar-refractivity contribution >= 4 is 27.7 Å². The number of nitrogens with one attached hydrogen (secondary N) is 2. The van der Waals surface area contributed by atoms with Crippen molar-refractivity contribution in [2.75, 3.05) is 13.2 Å². The highest BCUT2D eigenvalue weighted by Gasteiger charge is 2.30.